The van der Waals surface area contributed by atoms with Gasteiger partial charge in [0.05, 0.1) is 13.3 Å². The fraction of sp³-hybridized carbons (Fsp3) is 0.400. The van der Waals surface area contributed by atoms with Crippen LogP contribution >= 0.6 is 0 Å². The van der Waals surface area contributed by atoms with E-state index in [2.05, 4.69) is 65.7 Å². The molecule has 1 heterocycles. The van der Waals surface area contributed by atoms with E-state index >= 15 is 0 Å². The summed E-state index contributed by atoms with van der Waals surface area (Å²) in [4.78, 5) is 2.40. The molecular formula is C20H24N2O. The quantitative estimate of drug-likeness (QED) is 0.939. The van der Waals surface area contributed by atoms with Crippen molar-refractivity contribution in [3.8, 4) is 11.1 Å². The van der Waals surface area contributed by atoms with Crippen LogP contribution in [-0.2, 0) is 4.74 Å². The summed E-state index contributed by atoms with van der Waals surface area (Å²) in [6, 6.07) is 18.0. The second-order valence-corrected chi connectivity index (χ2v) is 6.66. The standard InChI is InChI=1S/C20H24N2O/c1-15-12-22(11-10-21-15)14-23-13-20-18-8-4-2-6-16(18)17-7-3-5-9-19(17)20/h2-9,15,20-21H,10-14H2,1H3/t15-/m1/s1. The zero-order valence-corrected chi connectivity index (χ0v) is 13.7. The Morgan fingerprint density at radius 2 is 1.70 bits per heavy atom. The molecule has 2 aromatic carbocycles. The lowest BCUT2D eigenvalue weighted by Crippen LogP contribution is -2.49. The van der Waals surface area contributed by atoms with Crippen LogP contribution in [0.25, 0.3) is 11.1 Å². The van der Waals surface area contributed by atoms with Crippen LogP contribution in [0.5, 0.6) is 0 Å². The molecule has 1 fully saturated rings. The number of benzene rings is 2. The molecule has 120 valence electrons. The van der Waals surface area contributed by atoms with Crippen LogP contribution in [0.1, 0.15) is 24.0 Å². The summed E-state index contributed by atoms with van der Waals surface area (Å²) in [6.07, 6.45) is 0. The van der Waals surface area contributed by atoms with Gasteiger partial charge in [-0.2, -0.15) is 0 Å². The van der Waals surface area contributed by atoms with Crippen LogP contribution in [0, 0.1) is 0 Å². The van der Waals surface area contributed by atoms with Crippen LogP contribution in [0.15, 0.2) is 48.5 Å². The van der Waals surface area contributed by atoms with Crippen molar-refractivity contribution < 1.29 is 4.74 Å². The van der Waals surface area contributed by atoms with E-state index < -0.39 is 0 Å². The average Bonchev–Trinajstić information content (AvgIpc) is 2.90. The summed E-state index contributed by atoms with van der Waals surface area (Å²) < 4.78 is 6.12. The van der Waals surface area contributed by atoms with E-state index in [1.807, 2.05) is 0 Å². The molecule has 23 heavy (non-hydrogen) atoms. The molecule has 0 saturated carbocycles. The van der Waals surface area contributed by atoms with Crippen LogP contribution in [0.4, 0.5) is 0 Å². The number of ether oxygens (including phenoxy) is 1. The third-order valence-corrected chi connectivity index (χ3v) is 4.97. The molecule has 1 aliphatic carbocycles. The van der Waals surface area contributed by atoms with E-state index in [9.17, 15) is 0 Å². The molecule has 0 spiro atoms. The highest BCUT2D eigenvalue weighted by atomic mass is 16.5. The van der Waals surface area contributed by atoms with Crippen molar-refractivity contribution in [2.45, 2.75) is 18.9 Å². The SMILES string of the molecule is C[C@@H]1CN(COCC2c3ccccc3-c3ccccc32)CCN1. The molecule has 0 aromatic heterocycles. The smallest absolute Gasteiger partial charge is 0.0991 e. The van der Waals surface area contributed by atoms with Gasteiger partial charge in [0.1, 0.15) is 0 Å². The van der Waals surface area contributed by atoms with Crippen molar-refractivity contribution in [3.63, 3.8) is 0 Å². The summed E-state index contributed by atoms with van der Waals surface area (Å²) in [5.41, 5.74) is 5.55. The van der Waals surface area contributed by atoms with Gasteiger partial charge in [0, 0.05) is 31.6 Å². The number of hydrogen-bond acceptors (Lipinski definition) is 3. The van der Waals surface area contributed by atoms with E-state index in [4.69, 9.17) is 4.74 Å². The number of hydrogen-bond donors (Lipinski definition) is 1. The first-order valence-electron chi connectivity index (χ1n) is 8.54. The van der Waals surface area contributed by atoms with Crippen LogP contribution in [-0.4, -0.2) is 43.9 Å². The van der Waals surface area contributed by atoms with Crippen LogP contribution in [0.3, 0.4) is 0 Å². The zero-order chi connectivity index (χ0) is 15.6. The molecule has 0 unspecified atom stereocenters. The molecule has 0 amide bonds. The summed E-state index contributed by atoms with van der Waals surface area (Å²) in [7, 11) is 0. The lowest BCUT2D eigenvalue weighted by molar-refractivity contribution is 0.0127. The Morgan fingerprint density at radius 1 is 1.04 bits per heavy atom. The Labute approximate surface area is 138 Å². The summed E-state index contributed by atoms with van der Waals surface area (Å²) in [5, 5.41) is 3.47. The highest BCUT2D eigenvalue weighted by Gasteiger charge is 2.28. The first-order chi connectivity index (χ1) is 11.3. The van der Waals surface area contributed by atoms with Gasteiger partial charge in [-0.05, 0) is 29.2 Å². The van der Waals surface area contributed by atoms with Crippen molar-refractivity contribution >= 4 is 0 Å². The maximum absolute atomic E-state index is 6.12. The summed E-state index contributed by atoms with van der Waals surface area (Å²) in [5.74, 6) is 0.364. The third-order valence-electron chi connectivity index (χ3n) is 4.97. The molecule has 0 bridgehead atoms. The second kappa shape index (κ2) is 6.44. The number of nitrogens with one attached hydrogen (secondary N) is 1. The second-order valence-electron chi connectivity index (χ2n) is 6.66. The maximum atomic E-state index is 6.12. The van der Waals surface area contributed by atoms with Crippen molar-refractivity contribution in [3.05, 3.63) is 59.7 Å². The van der Waals surface area contributed by atoms with Gasteiger partial charge < -0.3 is 10.1 Å². The van der Waals surface area contributed by atoms with E-state index in [1.54, 1.807) is 0 Å². The van der Waals surface area contributed by atoms with E-state index in [1.165, 1.54) is 22.3 Å². The first-order valence-corrected chi connectivity index (χ1v) is 8.54. The van der Waals surface area contributed by atoms with E-state index in [-0.39, 0.29) is 0 Å². The Kier molecular flexibility index (Phi) is 4.17. The molecular weight excluding hydrogens is 284 g/mol. The van der Waals surface area contributed by atoms with Gasteiger partial charge >= 0.3 is 0 Å². The van der Waals surface area contributed by atoms with Gasteiger partial charge in [-0.25, -0.2) is 0 Å². The fourth-order valence-electron chi connectivity index (χ4n) is 3.87. The molecule has 1 aliphatic heterocycles. The minimum atomic E-state index is 0.364. The number of rotatable bonds is 4. The lowest BCUT2D eigenvalue weighted by Gasteiger charge is -2.31. The predicted octanol–water partition coefficient (Wildman–Crippen LogP) is 3.07. The molecule has 1 atom stereocenters. The van der Waals surface area contributed by atoms with Crippen molar-refractivity contribution in [1.82, 2.24) is 10.2 Å². The predicted molar refractivity (Wildman–Crippen MR) is 93.6 cm³/mol. The van der Waals surface area contributed by atoms with Gasteiger partial charge in [-0.15, -0.1) is 0 Å². The van der Waals surface area contributed by atoms with Gasteiger partial charge in [0.2, 0.25) is 0 Å². The Morgan fingerprint density at radius 3 is 2.35 bits per heavy atom. The van der Waals surface area contributed by atoms with Crippen LogP contribution in [0.2, 0.25) is 0 Å². The third kappa shape index (κ3) is 2.92. The summed E-state index contributed by atoms with van der Waals surface area (Å²) in [6.45, 7) is 6.91. The molecule has 3 heteroatoms. The van der Waals surface area contributed by atoms with Crippen molar-refractivity contribution in [1.29, 1.82) is 0 Å². The first kappa shape index (κ1) is 14.9. The van der Waals surface area contributed by atoms with Gasteiger partial charge in [0.15, 0.2) is 0 Å². The van der Waals surface area contributed by atoms with E-state index in [0.717, 1.165) is 33.0 Å². The molecule has 4 rings (SSSR count). The van der Waals surface area contributed by atoms with Gasteiger partial charge in [0.25, 0.3) is 0 Å². The van der Waals surface area contributed by atoms with Crippen molar-refractivity contribution in [2.24, 2.45) is 0 Å². The molecule has 2 aromatic rings. The number of piperazine rings is 1. The largest absolute Gasteiger partial charge is 0.365 e. The number of nitrogens with zero attached hydrogens (tertiary/aromatic N) is 1. The summed E-state index contributed by atoms with van der Waals surface area (Å²) >= 11 is 0. The maximum Gasteiger partial charge on any atom is 0.0991 e. The fourth-order valence-corrected chi connectivity index (χ4v) is 3.87. The van der Waals surface area contributed by atoms with Gasteiger partial charge in [-0.1, -0.05) is 48.5 Å². The van der Waals surface area contributed by atoms with Crippen LogP contribution < -0.4 is 5.32 Å². The van der Waals surface area contributed by atoms with Gasteiger partial charge in [-0.3, -0.25) is 4.90 Å². The lowest BCUT2D eigenvalue weighted by atomic mass is 9.98. The Hall–Kier alpha value is -1.68. The average molecular weight is 308 g/mol. The Balaban J connectivity index is 1.46. The minimum Gasteiger partial charge on any atom is -0.365 e. The normalized spacial score (nSPS) is 21.2. The topological polar surface area (TPSA) is 24.5 Å². The monoisotopic (exact) mass is 308 g/mol. The Bertz CT molecular complexity index is 639. The highest BCUT2D eigenvalue weighted by molar-refractivity contribution is 5.78. The highest BCUT2D eigenvalue weighted by Crippen LogP contribution is 2.44. The molecule has 3 nitrogen and oxygen atoms in total. The molecule has 0 radical (unpaired) electrons. The molecule has 2 aliphatic rings. The zero-order valence-electron chi connectivity index (χ0n) is 13.7. The van der Waals surface area contributed by atoms with E-state index in [0.29, 0.717) is 12.0 Å². The molecule has 1 N–H and O–H groups in total. The van der Waals surface area contributed by atoms with Crippen molar-refractivity contribution in [2.75, 3.05) is 33.0 Å². The minimum absolute atomic E-state index is 0.364. The number of fused-ring (bicyclic) bond motifs is 3. The molecule has 1 saturated heterocycles.